The van der Waals surface area contributed by atoms with Gasteiger partial charge in [-0.2, -0.15) is 0 Å². The Bertz CT molecular complexity index is 351. The Labute approximate surface area is 84.5 Å². The van der Waals surface area contributed by atoms with Crippen molar-refractivity contribution in [1.29, 1.82) is 0 Å². The molecule has 0 bridgehead atoms. The molecule has 1 fully saturated rings. The predicted octanol–water partition coefficient (Wildman–Crippen LogP) is 1.41. The van der Waals surface area contributed by atoms with Crippen LogP contribution in [0.5, 0.6) is 0 Å². The van der Waals surface area contributed by atoms with Crippen LogP contribution >= 0.6 is 11.8 Å². The fraction of sp³-hybridized carbons (Fsp3) is 0.833. The van der Waals surface area contributed by atoms with E-state index in [-0.39, 0.29) is 0 Å². The fourth-order valence-electron chi connectivity index (χ4n) is 1.05. The first-order chi connectivity index (χ1) is 6.92. The third kappa shape index (κ3) is 2.15. The lowest BCUT2D eigenvalue weighted by atomic mass is 10.7. The maximum Gasteiger partial charge on any atom is 0.209 e. The minimum atomic E-state index is 0.471. The Morgan fingerprint density at radius 2 is 2.50 bits per heavy atom. The molecule has 0 atom stereocenters. The Morgan fingerprint density at radius 1 is 1.64 bits per heavy atom. The van der Waals surface area contributed by atoms with Gasteiger partial charge in [-0.25, -0.2) is 4.68 Å². The summed E-state index contributed by atoms with van der Waals surface area (Å²) in [5.41, 5.74) is 8.08. The number of tetrazole rings is 1. The maximum atomic E-state index is 8.08. The average Bonchev–Trinajstić information content (AvgIpc) is 2.94. The molecule has 0 aliphatic heterocycles. The predicted molar refractivity (Wildman–Crippen MR) is 50.8 cm³/mol. The molecule has 0 radical (unpaired) electrons. The van der Waals surface area contributed by atoms with Crippen LogP contribution in [0.2, 0.25) is 0 Å². The van der Waals surface area contributed by atoms with E-state index in [0.29, 0.717) is 12.6 Å². The van der Waals surface area contributed by atoms with Crippen LogP contribution in [0, 0.1) is 0 Å². The van der Waals surface area contributed by atoms with Crippen molar-refractivity contribution in [2.45, 2.75) is 24.0 Å². The molecule has 1 aliphatic rings. The molecule has 74 valence electrons. The molecule has 1 aliphatic carbocycles. The summed E-state index contributed by atoms with van der Waals surface area (Å²) >= 11 is 1.52. The van der Waals surface area contributed by atoms with Crippen LogP contribution in [0.1, 0.15) is 18.9 Å². The van der Waals surface area contributed by atoms with E-state index in [2.05, 4.69) is 25.6 Å². The molecule has 0 N–H and O–H groups in total. The second kappa shape index (κ2) is 4.30. The highest BCUT2D eigenvalue weighted by Gasteiger charge is 2.27. The van der Waals surface area contributed by atoms with Crippen molar-refractivity contribution in [2.75, 3.05) is 12.3 Å². The van der Waals surface area contributed by atoms with Crippen molar-refractivity contribution in [3.05, 3.63) is 10.4 Å². The monoisotopic (exact) mass is 211 g/mol. The summed E-state index contributed by atoms with van der Waals surface area (Å²) < 4.78 is 1.85. The fourth-order valence-corrected chi connectivity index (χ4v) is 1.82. The molecule has 0 amide bonds. The molecule has 8 heteroatoms. The molecule has 0 aromatic carbocycles. The van der Waals surface area contributed by atoms with Gasteiger partial charge in [-0.1, -0.05) is 16.9 Å². The molecular weight excluding hydrogens is 202 g/mol. The van der Waals surface area contributed by atoms with E-state index in [0.717, 1.165) is 23.8 Å². The van der Waals surface area contributed by atoms with Crippen molar-refractivity contribution in [2.24, 2.45) is 5.11 Å². The summed E-state index contributed by atoms with van der Waals surface area (Å²) in [4.78, 5) is 2.68. The number of hydrogen-bond donors (Lipinski definition) is 0. The first kappa shape index (κ1) is 9.29. The third-order valence-corrected chi connectivity index (χ3v) is 2.75. The third-order valence-electron chi connectivity index (χ3n) is 1.84. The lowest BCUT2D eigenvalue weighted by molar-refractivity contribution is 0.565. The van der Waals surface area contributed by atoms with E-state index in [4.69, 9.17) is 5.53 Å². The van der Waals surface area contributed by atoms with Gasteiger partial charge in [-0.3, -0.25) is 0 Å². The van der Waals surface area contributed by atoms with Gasteiger partial charge in [0.05, 0.1) is 6.04 Å². The first-order valence-electron chi connectivity index (χ1n) is 4.33. The summed E-state index contributed by atoms with van der Waals surface area (Å²) in [5, 5.41) is 15.7. The van der Waals surface area contributed by atoms with Gasteiger partial charge >= 0.3 is 0 Å². The van der Waals surface area contributed by atoms with Crippen LogP contribution in [-0.4, -0.2) is 32.5 Å². The lowest BCUT2D eigenvalue weighted by Gasteiger charge is -1.99. The van der Waals surface area contributed by atoms with E-state index >= 15 is 0 Å². The average molecular weight is 211 g/mol. The molecule has 1 heterocycles. The minimum Gasteiger partial charge on any atom is -0.217 e. The van der Waals surface area contributed by atoms with Crippen molar-refractivity contribution in [1.82, 2.24) is 20.2 Å². The van der Waals surface area contributed by atoms with Crippen LogP contribution in [0.25, 0.3) is 10.4 Å². The van der Waals surface area contributed by atoms with Gasteiger partial charge in [0, 0.05) is 17.2 Å². The van der Waals surface area contributed by atoms with Gasteiger partial charge in [0.1, 0.15) is 0 Å². The quantitative estimate of drug-likeness (QED) is 0.242. The van der Waals surface area contributed by atoms with E-state index in [1.165, 1.54) is 11.8 Å². The van der Waals surface area contributed by atoms with Crippen molar-refractivity contribution >= 4 is 11.8 Å². The highest BCUT2D eigenvalue weighted by molar-refractivity contribution is 7.99. The highest BCUT2D eigenvalue weighted by Crippen LogP contribution is 2.36. The Balaban J connectivity index is 1.88. The van der Waals surface area contributed by atoms with Crippen LogP contribution < -0.4 is 0 Å². The summed E-state index contributed by atoms with van der Waals surface area (Å²) in [5.74, 6) is 0.719. The van der Waals surface area contributed by atoms with Crippen molar-refractivity contribution in [3.8, 4) is 0 Å². The Kier molecular flexibility index (Phi) is 2.85. The lowest BCUT2D eigenvalue weighted by Crippen LogP contribution is -1.99. The van der Waals surface area contributed by atoms with Crippen molar-refractivity contribution < 1.29 is 0 Å². The summed E-state index contributed by atoms with van der Waals surface area (Å²) in [7, 11) is 0. The smallest absolute Gasteiger partial charge is 0.209 e. The molecule has 0 unspecified atom stereocenters. The second-order valence-electron chi connectivity index (χ2n) is 2.94. The molecule has 1 aromatic heterocycles. The normalized spacial score (nSPS) is 15.1. The first-order valence-corrected chi connectivity index (χ1v) is 5.32. The molecular formula is C6H9N7S. The molecule has 2 rings (SSSR count). The Morgan fingerprint density at radius 3 is 3.21 bits per heavy atom. The van der Waals surface area contributed by atoms with Gasteiger partial charge in [0.25, 0.3) is 0 Å². The molecule has 1 saturated carbocycles. The van der Waals surface area contributed by atoms with E-state index in [1.807, 2.05) is 4.68 Å². The van der Waals surface area contributed by atoms with Gasteiger partial charge in [-0.15, -0.1) is 5.10 Å². The number of hydrogen-bond acceptors (Lipinski definition) is 5. The van der Waals surface area contributed by atoms with Gasteiger partial charge in [0.2, 0.25) is 5.16 Å². The van der Waals surface area contributed by atoms with Gasteiger partial charge in [0.15, 0.2) is 0 Å². The molecule has 0 spiro atoms. The van der Waals surface area contributed by atoms with Gasteiger partial charge < -0.3 is 0 Å². The molecule has 0 saturated heterocycles. The maximum absolute atomic E-state index is 8.08. The zero-order valence-electron chi connectivity index (χ0n) is 7.44. The van der Waals surface area contributed by atoms with E-state index < -0.39 is 0 Å². The SMILES string of the molecule is [N-]=[N+]=NCCSc1nnnn1C1CC1. The summed E-state index contributed by atoms with van der Waals surface area (Å²) in [6, 6.07) is 0.493. The number of aromatic nitrogens is 4. The zero-order chi connectivity index (χ0) is 9.80. The molecule has 1 aromatic rings. The number of thioether (sulfide) groups is 1. The Hall–Kier alpha value is -1.27. The van der Waals surface area contributed by atoms with Crippen LogP contribution in [0.3, 0.4) is 0 Å². The number of rotatable bonds is 5. The molecule has 7 nitrogen and oxygen atoms in total. The summed E-state index contributed by atoms with van der Waals surface area (Å²) in [6.07, 6.45) is 2.32. The minimum absolute atomic E-state index is 0.471. The topological polar surface area (TPSA) is 92.4 Å². The van der Waals surface area contributed by atoms with Crippen LogP contribution in [0.15, 0.2) is 10.3 Å². The second-order valence-corrected chi connectivity index (χ2v) is 4.00. The molecule has 14 heavy (non-hydrogen) atoms. The van der Waals surface area contributed by atoms with Crippen LogP contribution in [-0.2, 0) is 0 Å². The highest BCUT2D eigenvalue weighted by atomic mass is 32.2. The number of azide groups is 1. The van der Waals surface area contributed by atoms with E-state index in [9.17, 15) is 0 Å². The van der Waals surface area contributed by atoms with E-state index in [1.54, 1.807) is 0 Å². The largest absolute Gasteiger partial charge is 0.217 e. The standard InChI is InChI=1S/C6H9N7S/c7-10-8-3-4-14-6-9-11-12-13(6)5-1-2-5/h5H,1-4H2. The van der Waals surface area contributed by atoms with Crippen molar-refractivity contribution in [3.63, 3.8) is 0 Å². The number of nitrogens with zero attached hydrogens (tertiary/aromatic N) is 7. The van der Waals surface area contributed by atoms with Gasteiger partial charge in [-0.05, 0) is 28.8 Å². The van der Waals surface area contributed by atoms with Crippen LogP contribution in [0.4, 0.5) is 0 Å². The summed E-state index contributed by atoms with van der Waals surface area (Å²) in [6.45, 7) is 0.471. The zero-order valence-corrected chi connectivity index (χ0v) is 8.26.